The van der Waals surface area contributed by atoms with Gasteiger partial charge in [-0.15, -0.1) is 0 Å². The lowest BCUT2D eigenvalue weighted by Crippen LogP contribution is -2.49. The topological polar surface area (TPSA) is 78.7 Å². The molecule has 1 fully saturated rings. The first kappa shape index (κ1) is 15.2. The lowest BCUT2D eigenvalue weighted by atomic mass is 10.2. The summed E-state index contributed by atoms with van der Waals surface area (Å²) in [6.07, 6.45) is 0. The number of rotatable bonds is 4. The Morgan fingerprint density at radius 2 is 2.14 bits per heavy atom. The number of benzene rings is 1. The lowest BCUT2D eigenvalue weighted by molar-refractivity contribution is -0.386. The molecular weight excluding hydrogens is 279 g/mol. The largest absolute Gasteiger partial charge is 0.360 e. The second kappa shape index (κ2) is 6.49. The molecule has 1 aromatic carbocycles. The molecule has 1 aliphatic heterocycles. The number of halogens is 1. The van der Waals surface area contributed by atoms with Crippen molar-refractivity contribution >= 4 is 17.3 Å². The molecule has 0 aliphatic carbocycles. The maximum atomic E-state index is 13.6. The second-order valence-electron chi connectivity index (χ2n) is 4.85. The molecule has 1 N–H and O–H groups in total. The molecule has 0 radical (unpaired) electrons. The molecule has 21 heavy (non-hydrogen) atoms. The zero-order chi connectivity index (χ0) is 15.4. The highest BCUT2D eigenvalue weighted by Crippen LogP contribution is 2.29. The molecule has 7 nitrogen and oxygen atoms in total. The second-order valence-corrected chi connectivity index (χ2v) is 4.85. The highest BCUT2D eigenvalue weighted by molar-refractivity contribution is 5.82. The van der Waals surface area contributed by atoms with Gasteiger partial charge in [0.15, 0.2) is 0 Å². The van der Waals surface area contributed by atoms with Crippen LogP contribution in [-0.4, -0.2) is 55.5 Å². The number of anilines is 1. The van der Waals surface area contributed by atoms with Crippen LogP contribution in [0.2, 0.25) is 0 Å². The summed E-state index contributed by atoms with van der Waals surface area (Å²) < 4.78 is 13.6. The number of carbonyl (C=O) groups is 1. The summed E-state index contributed by atoms with van der Waals surface area (Å²) >= 11 is 0. The van der Waals surface area contributed by atoms with Crippen molar-refractivity contribution in [2.24, 2.45) is 0 Å². The monoisotopic (exact) mass is 296 g/mol. The van der Waals surface area contributed by atoms with Gasteiger partial charge in [0.1, 0.15) is 5.69 Å². The number of nitro groups is 1. The van der Waals surface area contributed by atoms with Crippen LogP contribution in [0.4, 0.5) is 15.8 Å². The average molecular weight is 296 g/mol. The van der Waals surface area contributed by atoms with Crippen LogP contribution in [0.25, 0.3) is 0 Å². The fraction of sp³-hybridized carbons (Fsp3) is 0.462. The van der Waals surface area contributed by atoms with E-state index in [2.05, 4.69) is 5.32 Å². The number of piperazine rings is 1. The van der Waals surface area contributed by atoms with Gasteiger partial charge in [-0.3, -0.25) is 14.9 Å². The number of carbonyl (C=O) groups excluding carboxylic acids is 1. The number of nitro benzene ring substituents is 1. The standard InChI is InChI=1S/C13H17FN4O3/c1-16(9-12(19)17-7-5-15-6-8-17)11-4-2-3-10(14)13(11)18(20)21/h2-4,15H,5-9H2,1H3. The molecular formula is C13H17FN4O3. The summed E-state index contributed by atoms with van der Waals surface area (Å²) in [7, 11) is 1.54. The van der Waals surface area contributed by atoms with Crippen LogP contribution in [0.5, 0.6) is 0 Å². The molecule has 0 spiro atoms. The SMILES string of the molecule is CN(CC(=O)N1CCNCC1)c1cccc(F)c1[N+](=O)[O-]. The zero-order valence-corrected chi connectivity index (χ0v) is 11.7. The summed E-state index contributed by atoms with van der Waals surface area (Å²) in [6.45, 7) is 2.66. The predicted molar refractivity (Wildman–Crippen MR) is 75.8 cm³/mol. The maximum absolute atomic E-state index is 13.6. The van der Waals surface area contributed by atoms with E-state index in [9.17, 15) is 19.3 Å². The van der Waals surface area contributed by atoms with Gasteiger partial charge in [0.25, 0.3) is 0 Å². The van der Waals surface area contributed by atoms with Gasteiger partial charge in [-0.05, 0) is 12.1 Å². The minimum absolute atomic E-state index is 0.0235. The molecule has 1 amide bonds. The Bertz CT molecular complexity index is 546. The van der Waals surface area contributed by atoms with Gasteiger partial charge in [0.2, 0.25) is 11.7 Å². The number of nitrogens with zero attached hydrogens (tertiary/aromatic N) is 3. The summed E-state index contributed by atoms with van der Waals surface area (Å²) in [5, 5.41) is 14.1. The van der Waals surface area contributed by atoms with Crippen LogP contribution in [0, 0.1) is 15.9 Å². The molecule has 114 valence electrons. The first-order valence-corrected chi connectivity index (χ1v) is 6.63. The summed E-state index contributed by atoms with van der Waals surface area (Å²) in [6, 6.07) is 3.86. The van der Waals surface area contributed by atoms with E-state index in [1.807, 2.05) is 0 Å². The Hall–Kier alpha value is -2.22. The van der Waals surface area contributed by atoms with Crippen LogP contribution in [0.15, 0.2) is 18.2 Å². The van der Waals surface area contributed by atoms with E-state index < -0.39 is 16.4 Å². The summed E-state index contributed by atoms with van der Waals surface area (Å²) in [5.41, 5.74) is -0.503. The smallest absolute Gasteiger partial charge is 0.327 e. The first-order valence-electron chi connectivity index (χ1n) is 6.63. The Morgan fingerprint density at radius 3 is 2.76 bits per heavy atom. The Morgan fingerprint density at radius 1 is 1.48 bits per heavy atom. The van der Waals surface area contributed by atoms with Gasteiger partial charge in [0, 0.05) is 33.2 Å². The van der Waals surface area contributed by atoms with Gasteiger partial charge in [-0.2, -0.15) is 4.39 Å². The van der Waals surface area contributed by atoms with E-state index in [0.717, 1.165) is 19.2 Å². The van der Waals surface area contributed by atoms with E-state index in [0.29, 0.717) is 13.1 Å². The molecule has 0 atom stereocenters. The van der Waals surface area contributed by atoms with Crippen molar-refractivity contribution in [2.45, 2.75) is 0 Å². The Balaban J connectivity index is 2.13. The van der Waals surface area contributed by atoms with Crippen molar-refractivity contribution in [3.8, 4) is 0 Å². The third-order valence-corrected chi connectivity index (χ3v) is 3.40. The van der Waals surface area contributed by atoms with Crippen molar-refractivity contribution < 1.29 is 14.1 Å². The molecule has 1 aromatic rings. The minimum Gasteiger partial charge on any atom is -0.360 e. The molecule has 1 aliphatic rings. The van der Waals surface area contributed by atoms with Crippen molar-refractivity contribution in [1.29, 1.82) is 0 Å². The summed E-state index contributed by atoms with van der Waals surface area (Å²) in [5.74, 6) is -1.03. The average Bonchev–Trinajstić information content (AvgIpc) is 2.47. The molecule has 0 aromatic heterocycles. The lowest BCUT2D eigenvalue weighted by Gasteiger charge is -2.29. The number of hydrogen-bond donors (Lipinski definition) is 1. The number of likely N-dealkylation sites (N-methyl/N-ethyl adjacent to an activating group) is 1. The van der Waals surface area contributed by atoms with Crippen molar-refractivity contribution in [3.05, 3.63) is 34.1 Å². The number of amides is 1. The third kappa shape index (κ3) is 3.46. The van der Waals surface area contributed by atoms with Crippen LogP contribution in [0.1, 0.15) is 0 Å². The van der Waals surface area contributed by atoms with Gasteiger partial charge < -0.3 is 15.1 Å². The van der Waals surface area contributed by atoms with E-state index in [-0.39, 0.29) is 18.1 Å². The highest BCUT2D eigenvalue weighted by Gasteiger charge is 2.25. The van der Waals surface area contributed by atoms with E-state index in [4.69, 9.17) is 0 Å². The van der Waals surface area contributed by atoms with E-state index in [1.165, 1.54) is 17.0 Å². The maximum Gasteiger partial charge on any atom is 0.327 e. The van der Waals surface area contributed by atoms with E-state index in [1.54, 1.807) is 11.9 Å². The van der Waals surface area contributed by atoms with Crippen LogP contribution in [0.3, 0.4) is 0 Å². The molecule has 1 heterocycles. The molecule has 0 unspecified atom stereocenters. The molecule has 1 saturated heterocycles. The summed E-state index contributed by atoms with van der Waals surface area (Å²) in [4.78, 5) is 25.4. The quantitative estimate of drug-likeness (QED) is 0.650. The van der Waals surface area contributed by atoms with Crippen molar-refractivity contribution in [3.63, 3.8) is 0 Å². The molecule has 0 saturated carbocycles. The minimum atomic E-state index is -0.904. The fourth-order valence-corrected chi connectivity index (χ4v) is 2.30. The number of nitrogens with one attached hydrogen (secondary N) is 1. The zero-order valence-electron chi connectivity index (χ0n) is 11.7. The van der Waals surface area contributed by atoms with Crippen molar-refractivity contribution in [1.82, 2.24) is 10.2 Å². The predicted octanol–water partition coefficient (Wildman–Crippen LogP) is 0.602. The van der Waals surface area contributed by atoms with Crippen LogP contribution in [-0.2, 0) is 4.79 Å². The van der Waals surface area contributed by atoms with Gasteiger partial charge in [-0.25, -0.2) is 0 Å². The van der Waals surface area contributed by atoms with E-state index >= 15 is 0 Å². The number of para-hydroxylation sites is 1. The van der Waals surface area contributed by atoms with Crippen LogP contribution < -0.4 is 10.2 Å². The first-order chi connectivity index (χ1) is 10.0. The highest BCUT2D eigenvalue weighted by atomic mass is 19.1. The van der Waals surface area contributed by atoms with Crippen molar-refractivity contribution in [2.75, 3.05) is 44.7 Å². The van der Waals surface area contributed by atoms with Gasteiger partial charge in [0.05, 0.1) is 11.5 Å². The fourth-order valence-electron chi connectivity index (χ4n) is 2.30. The van der Waals surface area contributed by atoms with Crippen LogP contribution >= 0.6 is 0 Å². The normalized spacial score (nSPS) is 14.9. The Kier molecular flexibility index (Phi) is 4.69. The van der Waals surface area contributed by atoms with Gasteiger partial charge >= 0.3 is 5.69 Å². The third-order valence-electron chi connectivity index (χ3n) is 3.40. The molecule has 8 heteroatoms. The molecule has 2 rings (SSSR count). The molecule has 0 bridgehead atoms. The Labute approximate surface area is 121 Å². The van der Waals surface area contributed by atoms with Gasteiger partial charge in [-0.1, -0.05) is 6.07 Å². The number of hydrogen-bond acceptors (Lipinski definition) is 5.